The summed E-state index contributed by atoms with van der Waals surface area (Å²) in [6, 6.07) is 0.136. The van der Waals surface area contributed by atoms with Crippen LogP contribution in [0.15, 0.2) is 0 Å². The van der Waals surface area contributed by atoms with E-state index in [9.17, 15) is 4.79 Å². The second-order valence-electron chi connectivity index (χ2n) is 6.35. The third-order valence-electron chi connectivity index (χ3n) is 4.50. The molecular weight excluding hydrogens is 238 g/mol. The van der Waals surface area contributed by atoms with Crippen molar-refractivity contribution < 1.29 is 4.79 Å². The molecular formula is C15H29N3O. The van der Waals surface area contributed by atoms with Gasteiger partial charge in [0.15, 0.2) is 0 Å². The van der Waals surface area contributed by atoms with Crippen LogP contribution in [0.25, 0.3) is 0 Å². The van der Waals surface area contributed by atoms with Crippen LogP contribution in [0, 0.1) is 5.92 Å². The van der Waals surface area contributed by atoms with Crippen LogP contribution in [0.4, 0.5) is 0 Å². The number of likely N-dealkylation sites (tertiary alicyclic amines) is 2. The third-order valence-corrected chi connectivity index (χ3v) is 4.50. The van der Waals surface area contributed by atoms with Gasteiger partial charge in [-0.1, -0.05) is 0 Å². The standard InChI is InChI=1S/C15H29N3O/c1-13(16)4-5-15(19)18-10-6-14(7-11-18)12-17-8-2-3-9-17/h13-14H,2-12,16H2,1H3. The van der Waals surface area contributed by atoms with Crippen molar-refractivity contribution >= 4 is 5.91 Å². The summed E-state index contributed by atoms with van der Waals surface area (Å²) in [5.74, 6) is 1.10. The average molecular weight is 267 g/mol. The lowest BCUT2D eigenvalue weighted by molar-refractivity contribution is -0.132. The van der Waals surface area contributed by atoms with Crippen LogP contribution >= 0.6 is 0 Å². The number of rotatable bonds is 5. The van der Waals surface area contributed by atoms with Crippen molar-refractivity contribution in [2.24, 2.45) is 11.7 Å². The number of carbonyl (C=O) groups excluding carboxylic acids is 1. The molecule has 19 heavy (non-hydrogen) atoms. The van der Waals surface area contributed by atoms with Gasteiger partial charge in [0.25, 0.3) is 0 Å². The van der Waals surface area contributed by atoms with Gasteiger partial charge in [-0.15, -0.1) is 0 Å². The average Bonchev–Trinajstić information content (AvgIpc) is 2.89. The molecule has 1 atom stereocenters. The fourth-order valence-electron chi connectivity index (χ4n) is 3.20. The van der Waals surface area contributed by atoms with Crippen molar-refractivity contribution in [2.45, 2.75) is 51.5 Å². The van der Waals surface area contributed by atoms with Gasteiger partial charge >= 0.3 is 0 Å². The Bertz CT molecular complexity index is 279. The molecule has 2 rings (SSSR count). The normalized spacial score (nSPS) is 23.8. The van der Waals surface area contributed by atoms with Crippen LogP contribution in [-0.4, -0.2) is 54.5 Å². The summed E-state index contributed by atoms with van der Waals surface area (Å²) in [5.41, 5.74) is 5.71. The van der Waals surface area contributed by atoms with Crippen LogP contribution < -0.4 is 5.73 Å². The molecule has 4 heteroatoms. The molecule has 2 heterocycles. The zero-order chi connectivity index (χ0) is 13.7. The lowest BCUT2D eigenvalue weighted by Crippen LogP contribution is -2.41. The first-order valence-electron chi connectivity index (χ1n) is 7.91. The van der Waals surface area contributed by atoms with Gasteiger partial charge in [-0.2, -0.15) is 0 Å². The van der Waals surface area contributed by atoms with E-state index in [1.165, 1.54) is 45.3 Å². The molecule has 2 aliphatic rings. The number of piperidine rings is 1. The van der Waals surface area contributed by atoms with Gasteiger partial charge in [-0.05, 0) is 58.0 Å². The van der Waals surface area contributed by atoms with Crippen LogP contribution in [-0.2, 0) is 4.79 Å². The summed E-state index contributed by atoms with van der Waals surface area (Å²) in [5, 5.41) is 0. The summed E-state index contributed by atoms with van der Waals surface area (Å²) in [7, 11) is 0. The van der Waals surface area contributed by atoms with Crippen molar-refractivity contribution in [1.82, 2.24) is 9.80 Å². The lowest BCUT2D eigenvalue weighted by Gasteiger charge is -2.34. The number of hydrogen-bond acceptors (Lipinski definition) is 3. The molecule has 0 saturated carbocycles. The molecule has 2 aliphatic heterocycles. The van der Waals surface area contributed by atoms with Gasteiger partial charge in [0.2, 0.25) is 5.91 Å². The summed E-state index contributed by atoms with van der Waals surface area (Å²) >= 11 is 0. The molecule has 0 bridgehead atoms. The van der Waals surface area contributed by atoms with Gasteiger partial charge in [0, 0.05) is 32.1 Å². The smallest absolute Gasteiger partial charge is 0.222 e. The summed E-state index contributed by atoms with van der Waals surface area (Å²) in [4.78, 5) is 16.7. The molecule has 2 fully saturated rings. The maximum atomic E-state index is 12.0. The summed E-state index contributed by atoms with van der Waals surface area (Å²) < 4.78 is 0. The second kappa shape index (κ2) is 7.25. The first kappa shape index (κ1) is 14.8. The number of nitrogens with zero attached hydrogens (tertiary/aromatic N) is 2. The Morgan fingerprint density at radius 1 is 1.21 bits per heavy atom. The van der Waals surface area contributed by atoms with Crippen LogP contribution in [0.3, 0.4) is 0 Å². The monoisotopic (exact) mass is 267 g/mol. The Morgan fingerprint density at radius 2 is 1.84 bits per heavy atom. The summed E-state index contributed by atoms with van der Waals surface area (Å²) in [6.07, 6.45) is 6.53. The molecule has 0 spiro atoms. The Labute approximate surface area is 117 Å². The highest BCUT2D eigenvalue weighted by Gasteiger charge is 2.24. The van der Waals surface area contributed by atoms with Crippen molar-refractivity contribution in [2.75, 3.05) is 32.7 Å². The topological polar surface area (TPSA) is 49.6 Å². The highest BCUT2D eigenvalue weighted by atomic mass is 16.2. The van der Waals surface area contributed by atoms with Crippen molar-refractivity contribution in [3.63, 3.8) is 0 Å². The van der Waals surface area contributed by atoms with E-state index >= 15 is 0 Å². The molecule has 0 aromatic carbocycles. The molecule has 0 aromatic rings. The van der Waals surface area contributed by atoms with Gasteiger partial charge in [-0.3, -0.25) is 4.79 Å². The lowest BCUT2D eigenvalue weighted by atomic mass is 9.96. The second-order valence-corrected chi connectivity index (χ2v) is 6.35. The Morgan fingerprint density at radius 3 is 2.42 bits per heavy atom. The van der Waals surface area contributed by atoms with Gasteiger partial charge in [-0.25, -0.2) is 0 Å². The molecule has 1 unspecified atom stereocenters. The van der Waals surface area contributed by atoms with Crippen molar-refractivity contribution in [1.29, 1.82) is 0 Å². The Balaban J connectivity index is 1.65. The zero-order valence-electron chi connectivity index (χ0n) is 12.3. The minimum Gasteiger partial charge on any atom is -0.343 e. The first-order valence-corrected chi connectivity index (χ1v) is 7.91. The number of nitrogens with two attached hydrogens (primary N) is 1. The number of hydrogen-bond donors (Lipinski definition) is 1. The zero-order valence-corrected chi connectivity index (χ0v) is 12.3. The first-order chi connectivity index (χ1) is 9.15. The molecule has 2 N–H and O–H groups in total. The van der Waals surface area contributed by atoms with E-state index in [1.54, 1.807) is 0 Å². The molecule has 0 aliphatic carbocycles. The molecule has 1 amide bonds. The largest absolute Gasteiger partial charge is 0.343 e. The number of amides is 1. The fourth-order valence-corrected chi connectivity index (χ4v) is 3.20. The highest BCUT2D eigenvalue weighted by molar-refractivity contribution is 5.76. The van der Waals surface area contributed by atoms with Crippen LogP contribution in [0.5, 0.6) is 0 Å². The molecule has 4 nitrogen and oxygen atoms in total. The highest BCUT2D eigenvalue weighted by Crippen LogP contribution is 2.21. The fraction of sp³-hybridized carbons (Fsp3) is 0.933. The third kappa shape index (κ3) is 4.77. The van der Waals surface area contributed by atoms with E-state index in [1.807, 2.05) is 11.8 Å². The Hall–Kier alpha value is -0.610. The predicted octanol–water partition coefficient (Wildman–Crippen LogP) is 1.45. The van der Waals surface area contributed by atoms with E-state index in [2.05, 4.69) is 4.90 Å². The van der Waals surface area contributed by atoms with E-state index in [0.717, 1.165) is 25.4 Å². The van der Waals surface area contributed by atoms with Crippen molar-refractivity contribution in [3.8, 4) is 0 Å². The Kier molecular flexibility index (Phi) is 5.64. The van der Waals surface area contributed by atoms with Gasteiger partial charge < -0.3 is 15.5 Å². The minimum atomic E-state index is 0.136. The predicted molar refractivity (Wildman–Crippen MR) is 77.9 cm³/mol. The van der Waals surface area contributed by atoms with E-state index in [4.69, 9.17) is 5.73 Å². The van der Waals surface area contributed by atoms with Gasteiger partial charge in [0.05, 0.1) is 0 Å². The number of carbonyl (C=O) groups is 1. The molecule has 0 radical (unpaired) electrons. The van der Waals surface area contributed by atoms with E-state index < -0.39 is 0 Å². The SMILES string of the molecule is CC(N)CCC(=O)N1CCC(CN2CCCC2)CC1. The maximum absolute atomic E-state index is 12.0. The maximum Gasteiger partial charge on any atom is 0.222 e. The molecule has 110 valence electrons. The van der Waals surface area contributed by atoms with Crippen molar-refractivity contribution in [3.05, 3.63) is 0 Å². The molecule has 2 saturated heterocycles. The molecule has 0 aromatic heterocycles. The van der Waals surface area contributed by atoms with Crippen LogP contribution in [0.1, 0.15) is 45.4 Å². The van der Waals surface area contributed by atoms with E-state index in [-0.39, 0.29) is 6.04 Å². The van der Waals surface area contributed by atoms with E-state index in [0.29, 0.717) is 12.3 Å². The minimum absolute atomic E-state index is 0.136. The quantitative estimate of drug-likeness (QED) is 0.820. The summed E-state index contributed by atoms with van der Waals surface area (Å²) in [6.45, 7) is 7.70. The van der Waals surface area contributed by atoms with Crippen LogP contribution in [0.2, 0.25) is 0 Å². The van der Waals surface area contributed by atoms with Gasteiger partial charge in [0.1, 0.15) is 0 Å².